The Labute approximate surface area is 261 Å². The Kier molecular flexibility index (Phi) is 5.85. The lowest BCUT2D eigenvalue weighted by Gasteiger charge is -2.18. The Balaban J connectivity index is 1.24. The highest BCUT2D eigenvalue weighted by Crippen LogP contribution is 2.44. The maximum absolute atomic E-state index is 5.04. The Hall–Kier alpha value is -5.99. The fourth-order valence-electron chi connectivity index (χ4n) is 6.95. The van der Waals surface area contributed by atoms with Crippen LogP contribution in [0.2, 0.25) is 0 Å². The van der Waals surface area contributed by atoms with Crippen LogP contribution in [0.25, 0.3) is 82.7 Å². The van der Waals surface area contributed by atoms with Crippen molar-refractivity contribution in [2.24, 2.45) is 0 Å². The number of imidazole rings is 1. The van der Waals surface area contributed by atoms with Crippen molar-refractivity contribution in [1.29, 1.82) is 0 Å². The molecule has 2 heteroatoms. The van der Waals surface area contributed by atoms with E-state index < -0.39 is 0 Å². The van der Waals surface area contributed by atoms with Crippen LogP contribution in [0.4, 0.5) is 0 Å². The zero-order chi connectivity index (χ0) is 29.7. The fourth-order valence-corrected chi connectivity index (χ4v) is 6.95. The summed E-state index contributed by atoms with van der Waals surface area (Å²) >= 11 is 0. The Morgan fingerprint density at radius 1 is 0.378 bits per heavy atom. The number of rotatable bonds is 4. The number of nitrogens with zero attached hydrogens (tertiary/aromatic N) is 2. The van der Waals surface area contributed by atoms with Crippen LogP contribution in [-0.4, -0.2) is 9.55 Å². The number of aromatic nitrogens is 2. The van der Waals surface area contributed by atoms with Gasteiger partial charge in [0.15, 0.2) is 0 Å². The molecule has 0 fully saturated rings. The highest BCUT2D eigenvalue weighted by molar-refractivity contribution is 6.21. The lowest BCUT2D eigenvalue weighted by atomic mass is 9.85. The van der Waals surface area contributed by atoms with E-state index in [-0.39, 0.29) is 0 Å². The predicted molar refractivity (Wildman–Crippen MR) is 190 cm³/mol. The van der Waals surface area contributed by atoms with Crippen molar-refractivity contribution in [3.8, 4) is 39.3 Å². The highest BCUT2D eigenvalue weighted by Gasteiger charge is 2.18. The van der Waals surface area contributed by atoms with Gasteiger partial charge in [0.05, 0.1) is 11.0 Å². The first-order valence-electron chi connectivity index (χ1n) is 15.4. The highest BCUT2D eigenvalue weighted by atomic mass is 15.1. The summed E-state index contributed by atoms with van der Waals surface area (Å²) < 4.78 is 2.28. The van der Waals surface area contributed by atoms with Gasteiger partial charge >= 0.3 is 0 Å². The molecule has 0 aliphatic rings. The lowest BCUT2D eigenvalue weighted by molar-refractivity contribution is 1.11. The summed E-state index contributed by atoms with van der Waals surface area (Å²) in [7, 11) is 0. The second-order valence-corrected chi connectivity index (χ2v) is 11.6. The molecule has 0 amide bonds. The normalized spacial score (nSPS) is 11.6. The van der Waals surface area contributed by atoms with Gasteiger partial charge in [0.1, 0.15) is 5.82 Å². The second-order valence-electron chi connectivity index (χ2n) is 11.6. The van der Waals surface area contributed by atoms with Crippen molar-refractivity contribution < 1.29 is 0 Å². The first-order valence-corrected chi connectivity index (χ1v) is 15.4. The average molecular weight is 573 g/mol. The van der Waals surface area contributed by atoms with Crippen LogP contribution >= 0.6 is 0 Å². The largest absolute Gasteiger partial charge is 0.292 e. The molecule has 2 nitrogen and oxygen atoms in total. The molecule has 0 spiro atoms. The lowest BCUT2D eigenvalue weighted by Crippen LogP contribution is -1.97. The van der Waals surface area contributed by atoms with Crippen LogP contribution < -0.4 is 0 Å². The minimum atomic E-state index is 0.948. The van der Waals surface area contributed by atoms with Crippen molar-refractivity contribution in [2.45, 2.75) is 0 Å². The smallest absolute Gasteiger partial charge is 0.145 e. The van der Waals surface area contributed by atoms with Crippen LogP contribution in [-0.2, 0) is 0 Å². The minimum Gasteiger partial charge on any atom is -0.292 e. The van der Waals surface area contributed by atoms with Crippen molar-refractivity contribution in [1.82, 2.24) is 9.55 Å². The molecule has 0 atom stereocenters. The molecule has 0 aliphatic carbocycles. The van der Waals surface area contributed by atoms with Gasteiger partial charge in [-0.15, -0.1) is 0 Å². The van der Waals surface area contributed by atoms with Crippen molar-refractivity contribution in [3.63, 3.8) is 0 Å². The SMILES string of the molecule is c1ccc(-c2c3ccccc3c(-c3ccc4cc(-n5c(-c6ccccc6)nc6ccccc65)ccc4c3)c3ccccc23)cc1. The third-order valence-corrected chi connectivity index (χ3v) is 8.96. The van der Waals surface area contributed by atoms with Crippen molar-refractivity contribution in [2.75, 3.05) is 0 Å². The number of hydrogen-bond donors (Lipinski definition) is 0. The van der Waals surface area contributed by atoms with Gasteiger partial charge in [-0.05, 0) is 84.9 Å². The van der Waals surface area contributed by atoms with Crippen molar-refractivity contribution in [3.05, 3.63) is 170 Å². The molecule has 9 rings (SSSR count). The summed E-state index contributed by atoms with van der Waals surface area (Å²) in [6.45, 7) is 0. The Morgan fingerprint density at radius 3 is 1.56 bits per heavy atom. The zero-order valence-electron chi connectivity index (χ0n) is 24.6. The number of fused-ring (bicyclic) bond motifs is 4. The van der Waals surface area contributed by atoms with E-state index in [1.165, 1.54) is 54.6 Å². The van der Waals surface area contributed by atoms with E-state index in [0.29, 0.717) is 0 Å². The van der Waals surface area contributed by atoms with Gasteiger partial charge in [0.2, 0.25) is 0 Å². The molecule has 0 bridgehead atoms. The van der Waals surface area contributed by atoms with Gasteiger partial charge in [0, 0.05) is 11.3 Å². The van der Waals surface area contributed by atoms with Gasteiger partial charge < -0.3 is 0 Å². The summed E-state index contributed by atoms with van der Waals surface area (Å²) in [6, 6.07) is 60.9. The molecule has 0 N–H and O–H groups in total. The maximum Gasteiger partial charge on any atom is 0.145 e. The van der Waals surface area contributed by atoms with Gasteiger partial charge in [-0.3, -0.25) is 4.57 Å². The first-order chi connectivity index (χ1) is 22.3. The molecule has 8 aromatic carbocycles. The minimum absolute atomic E-state index is 0.948. The van der Waals surface area contributed by atoms with E-state index in [9.17, 15) is 0 Å². The molecule has 0 aliphatic heterocycles. The van der Waals surface area contributed by atoms with Gasteiger partial charge in [-0.1, -0.05) is 140 Å². The molecule has 0 unspecified atom stereocenters. The third kappa shape index (κ3) is 4.15. The first kappa shape index (κ1) is 25.5. The standard InChI is InChI=1S/C43H28N2/c1-3-13-29(14-4-1)41-35-17-7-9-19-37(35)42(38-20-10-8-18-36(38)41)33-24-23-32-28-34(26-25-31(32)27-33)45-40-22-12-11-21-39(40)44-43(45)30-15-5-2-6-16-30/h1-28H. The molecule has 1 heterocycles. The monoisotopic (exact) mass is 572 g/mol. The molecule has 0 radical (unpaired) electrons. The van der Waals surface area contributed by atoms with Crippen LogP contribution in [0.5, 0.6) is 0 Å². The van der Waals surface area contributed by atoms with Gasteiger partial charge in [-0.25, -0.2) is 4.98 Å². The topological polar surface area (TPSA) is 17.8 Å². The Morgan fingerprint density at radius 2 is 0.889 bits per heavy atom. The molecule has 210 valence electrons. The van der Waals surface area contributed by atoms with E-state index in [4.69, 9.17) is 4.98 Å². The molecular formula is C43H28N2. The number of benzene rings is 8. The third-order valence-electron chi connectivity index (χ3n) is 8.96. The predicted octanol–water partition coefficient (Wildman–Crippen LogP) is 11.5. The summed E-state index contributed by atoms with van der Waals surface area (Å²) in [6.07, 6.45) is 0. The maximum atomic E-state index is 5.04. The molecule has 9 aromatic rings. The van der Waals surface area contributed by atoms with E-state index in [2.05, 4.69) is 168 Å². The molecule has 0 saturated heterocycles. The summed E-state index contributed by atoms with van der Waals surface area (Å²) in [5, 5.41) is 7.48. The van der Waals surface area contributed by atoms with Crippen LogP contribution in [0.1, 0.15) is 0 Å². The number of hydrogen-bond acceptors (Lipinski definition) is 1. The Bertz CT molecular complexity index is 2470. The van der Waals surface area contributed by atoms with Gasteiger partial charge in [-0.2, -0.15) is 0 Å². The average Bonchev–Trinajstić information content (AvgIpc) is 3.51. The van der Waals surface area contributed by atoms with Crippen LogP contribution in [0.3, 0.4) is 0 Å². The second kappa shape index (κ2) is 10.3. The zero-order valence-corrected chi connectivity index (χ0v) is 24.6. The number of para-hydroxylation sites is 2. The summed E-state index contributed by atoms with van der Waals surface area (Å²) in [5.41, 5.74) is 9.32. The van der Waals surface area contributed by atoms with E-state index >= 15 is 0 Å². The van der Waals surface area contributed by atoms with Crippen LogP contribution in [0, 0.1) is 0 Å². The molecular weight excluding hydrogens is 544 g/mol. The van der Waals surface area contributed by atoms with Crippen LogP contribution in [0.15, 0.2) is 170 Å². The quantitative estimate of drug-likeness (QED) is 0.192. The van der Waals surface area contributed by atoms with Gasteiger partial charge in [0.25, 0.3) is 0 Å². The summed E-state index contributed by atoms with van der Waals surface area (Å²) in [5.74, 6) is 0.948. The van der Waals surface area contributed by atoms with E-state index in [0.717, 1.165) is 28.1 Å². The molecule has 1 aromatic heterocycles. The van der Waals surface area contributed by atoms with E-state index in [1.54, 1.807) is 0 Å². The van der Waals surface area contributed by atoms with E-state index in [1.807, 2.05) is 6.07 Å². The fraction of sp³-hybridized carbons (Fsp3) is 0. The molecule has 0 saturated carbocycles. The summed E-state index contributed by atoms with van der Waals surface area (Å²) in [4.78, 5) is 5.04. The molecule has 45 heavy (non-hydrogen) atoms. The van der Waals surface area contributed by atoms with Crippen molar-refractivity contribution >= 4 is 43.4 Å².